The van der Waals surface area contributed by atoms with Crippen LogP contribution in [0.4, 0.5) is 0 Å². The summed E-state index contributed by atoms with van der Waals surface area (Å²) in [4.78, 5) is 15.9. The zero-order valence-corrected chi connectivity index (χ0v) is 12.3. The van der Waals surface area contributed by atoms with Crippen LogP contribution in [0.1, 0.15) is 5.69 Å². The number of rotatable bonds is 5. The molecule has 0 aliphatic heterocycles. The fourth-order valence-electron chi connectivity index (χ4n) is 1.63. The molecule has 19 heavy (non-hydrogen) atoms. The molecule has 106 valence electrons. The van der Waals surface area contributed by atoms with E-state index in [2.05, 4.69) is 15.6 Å². The van der Waals surface area contributed by atoms with Crippen molar-refractivity contribution in [1.82, 2.24) is 20.0 Å². The monoisotopic (exact) mass is 304 g/mol. The highest BCUT2D eigenvalue weighted by Crippen LogP contribution is 2.04. The van der Waals surface area contributed by atoms with Crippen molar-refractivity contribution in [3.63, 3.8) is 0 Å². The predicted molar refractivity (Wildman–Crippen MR) is 80.3 cm³/mol. The first-order valence-corrected chi connectivity index (χ1v) is 5.63. The van der Waals surface area contributed by atoms with Gasteiger partial charge in [-0.05, 0) is 19.2 Å². The third-order valence-corrected chi connectivity index (χ3v) is 2.45. The van der Waals surface area contributed by atoms with Gasteiger partial charge in [0.1, 0.15) is 5.65 Å². The molecule has 0 radical (unpaired) electrons. The third-order valence-electron chi connectivity index (χ3n) is 2.45. The summed E-state index contributed by atoms with van der Waals surface area (Å²) in [5.41, 5.74) is 1.66. The van der Waals surface area contributed by atoms with Crippen LogP contribution in [-0.4, -0.2) is 35.4 Å². The number of imidazole rings is 1. The smallest absolute Gasteiger partial charge is 0.226 e. The lowest BCUT2D eigenvalue weighted by Gasteiger charge is -2.02. The Kier molecular flexibility index (Phi) is 8.14. The summed E-state index contributed by atoms with van der Waals surface area (Å²) < 4.78 is 1.91. The molecule has 2 heterocycles. The Morgan fingerprint density at radius 1 is 1.32 bits per heavy atom. The van der Waals surface area contributed by atoms with Crippen molar-refractivity contribution >= 4 is 36.4 Å². The quantitative estimate of drug-likeness (QED) is 0.812. The van der Waals surface area contributed by atoms with Gasteiger partial charge in [-0.1, -0.05) is 6.07 Å². The SMILES string of the molecule is CNCCNC(=O)Cc1cn2ccccc2n1.Cl.Cl. The number of fused-ring (bicyclic) bond motifs is 1. The number of aromatic nitrogens is 2. The van der Waals surface area contributed by atoms with E-state index in [1.165, 1.54) is 0 Å². The number of hydrogen-bond acceptors (Lipinski definition) is 3. The predicted octanol–water partition coefficient (Wildman–Crippen LogP) is 1.06. The Morgan fingerprint density at radius 2 is 2.11 bits per heavy atom. The highest BCUT2D eigenvalue weighted by molar-refractivity contribution is 5.85. The summed E-state index contributed by atoms with van der Waals surface area (Å²) in [5.74, 6) is 0.00339. The summed E-state index contributed by atoms with van der Waals surface area (Å²) in [7, 11) is 1.86. The van der Waals surface area contributed by atoms with Gasteiger partial charge < -0.3 is 15.0 Å². The molecule has 7 heteroatoms. The Morgan fingerprint density at radius 3 is 2.79 bits per heavy atom. The van der Waals surface area contributed by atoms with Gasteiger partial charge in [0.2, 0.25) is 5.91 Å². The Labute approximate surface area is 124 Å². The molecule has 5 nitrogen and oxygen atoms in total. The van der Waals surface area contributed by atoms with E-state index in [1.54, 1.807) is 0 Å². The minimum Gasteiger partial charge on any atom is -0.354 e. The molecule has 0 aliphatic rings. The van der Waals surface area contributed by atoms with Crippen LogP contribution in [0.15, 0.2) is 30.6 Å². The molecule has 0 saturated heterocycles. The minimum absolute atomic E-state index is 0. The van der Waals surface area contributed by atoms with Crippen molar-refractivity contribution in [2.24, 2.45) is 0 Å². The molecule has 2 aromatic rings. The topological polar surface area (TPSA) is 58.4 Å². The zero-order chi connectivity index (χ0) is 12.1. The van der Waals surface area contributed by atoms with Crippen molar-refractivity contribution in [1.29, 1.82) is 0 Å². The van der Waals surface area contributed by atoms with Crippen molar-refractivity contribution in [3.05, 3.63) is 36.3 Å². The number of carbonyl (C=O) groups is 1. The van der Waals surface area contributed by atoms with Gasteiger partial charge in [-0.15, -0.1) is 24.8 Å². The largest absolute Gasteiger partial charge is 0.354 e. The van der Waals surface area contributed by atoms with E-state index >= 15 is 0 Å². The molecule has 2 N–H and O–H groups in total. The number of nitrogens with zero attached hydrogens (tertiary/aromatic N) is 2. The summed E-state index contributed by atoms with van der Waals surface area (Å²) >= 11 is 0. The molecule has 0 aliphatic carbocycles. The number of hydrogen-bond donors (Lipinski definition) is 2. The molecule has 0 bridgehead atoms. The third kappa shape index (κ3) is 5.06. The zero-order valence-electron chi connectivity index (χ0n) is 10.6. The van der Waals surface area contributed by atoms with Gasteiger partial charge in [0, 0.05) is 25.5 Å². The molecule has 2 aromatic heterocycles. The molecule has 0 spiro atoms. The Balaban J connectivity index is 0.00000162. The maximum Gasteiger partial charge on any atom is 0.226 e. The van der Waals surface area contributed by atoms with Gasteiger partial charge in [0.05, 0.1) is 12.1 Å². The normalized spacial score (nSPS) is 9.53. The van der Waals surface area contributed by atoms with E-state index in [1.807, 2.05) is 42.0 Å². The Bertz CT molecular complexity index is 482. The lowest BCUT2D eigenvalue weighted by molar-refractivity contribution is -0.120. The maximum atomic E-state index is 11.6. The van der Waals surface area contributed by atoms with Crippen LogP contribution in [-0.2, 0) is 11.2 Å². The van der Waals surface area contributed by atoms with Crippen LogP contribution in [0.5, 0.6) is 0 Å². The first-order chi connectivity index (χ1) is 8.29. The molecule has 0 atom stereocenters. The van der Waals surface area contributed by atoms with E-state index in [0.717, 1.165) is 17.9 Å². The van der Waals surface area contributed by atoms with Gasteiger partial charge >= 0.3 is 0 Å². The molecule has 0 unspecified atom stereocenters. The molecule has 0 saturated carbocycles. The number of nitrogens with one attached hydrogen (secondary N) is 2. The van der Waals surface area contributed by atoms with Crippen LogP contribution in [0.25, 0.3) is 5.65 Å². The van der Waals surface area contributed by atoms with Gasteiger partial charge in [-0.25, -0.2) is 4.98 Å². The van der Waals surface area contributed by atoms with Gasteiger partial charge in [0.25, 0.3) is 0 Å². The number of pyridine rings is 1. The van der Waals surface area contributed by atoms with Crippen molar-refractivity contribution in [2.75, 3.05) is 20.1 Å². The Hall–Kier alpha value is -1.30. The van der Waals surface area contributed by atoms with Crippen LogP contribution >= 0.6 is 24.8 Å². The standard InChI is InChI=1S/C12H16N4O.2ClH/c1-13-5-6-14-12(17)8-10-9-16-7-3-2-4-11(16)15-10;;/h2-4,7,9,13H,5-6,8H2,1H3,(H,14,17);2*1H. The second-order valence-corrected chi connectivity index (χ2v) is 3.83. The summed E-state index contributed by atoms with van der Waals surface area (Å²) in [6, 6.07) is 5.78. The average molecular weight is 305 g/mol. The van der Waals surface area contributed by atoms with Gasteiger partial charge in [0.15, 0.2) is 0 Å². The van der Waals surface area contributed by atoms with Crippen LogP contribution < -0.4 is 10.6 Å². The number of carbonyl (C=O) groups excluding carboxylic acids is 1. The highest BCUT2D eigenvalue weighted by atomic mass is 35.5. The highest BCUT2D eigenvalue weighted by Gasteiger charge is 2.06. The van der Waals surface area contributed by atoms with Gasteiger partial charge in [-0.2, -0.15) is 0 Å². The first-order valence-electron chi connectivity index (χ1n) is 5.63. The number of likely N-dealkylation sites (N-methyl/N-ethyl adjacent to an activating group) is 1. The number of halogens is 2. The average Bonchev–Trinajstić information content (AvgIpc) is 2.71. The summed E-state index contributed by atoms with van der Waals surface area (Å²) in [6.45, 7) is 1.42. The summed E-state index contributed by atoms with van der Waals surface area (Å²) in [6.07, 6.45) is 4.13. The van der Waals surface area contributed by atoms with Crippen molar-refractivity contribution in [3.8, 4) is 0 Å². The second kappa shape index (κ2) is 8.74. The molecular weight excluding hydrogens is 287 g/mol. The van der Waals surface area contributed by atoms with Crippen molar-refractivity contribution in [2.45, 2.75) is 6.42 Å². The van der Waals surface area contributed by atoms with Crippen LogP contribution in [0.2, 0.25) is 0 Å². The molecule has 1 amide bonds. The van der Waals surface area contributed by atoms with E-state index < -0.39 is 0 Å². The van der Waals surface area contributed by atoms with E-state index in [9.17, 15) is 4.79 Å². The van der Waals surface area contributed by atoms with Crippen molar-refractivity contribution < 1.29 is 4.79 Å². The second-order valence-electron chi connectivity index (χ2n) is 3.83. The fourth-order valence-corrected chi connectivity index (χ4v) is 1.63. The van der Waals surface area contributed by atoms with Gasteiger partial charge in [-0.3, -0.25) is 4.79 Å². The molecule has 2 rings (SSSR count). The van der Waals surface area contributed by atoms with Crippen LogP contribution in [0, 0.1) is 0 Å². The molecular formula is C12H18Cl2N4O. The number of amides is 1. The molecule has 0 fully saturated rings. The van der Waals surface area contributed by atoms with Crippen LogP contribution in [0.3, 0.4) is 0 Å². The first kappa shape index (κ1) is 17.7. The summed E-state index contributed by atoms with van der Waals surface area (Å²) in [5, 5.41) is 5.80. The van der Waals surface area contributed by atoms with E-state index in [4.69, 9.17) is 0 Å². The maximum absolute atomic E-state index is 11.6. The lowest BCUT2D eigenvalue weighted by atomic mass is 10.3. The fraction of sp³-hybridized carbons (Fsp3) is 0.333. The van der Waals surface area contributed by atoms with E-state index in [-0.39, 0.29) is 30.7 Å². The van der Waals surface area contributed by atoms with E-state index in [0.29, 0.717) is 13.0 Å². The molecule has 0 aromatic carbocycles. The minimum atomic E-state index is 0. The lowest BCUT2D eigenvalue weighted by Crippen LogP contribution is -2.31.